The number of aromatic nitrogens is 2. The SMILES string of the molecule is COC(=O)c1ccc(-c2nn(C)c(C)c2C(=O)O)cc1. The van der Waals surface area contributed by atoms with Crippen molar-refractivity contribution >= 4 is 11.9 Å². The molecule has 1 aromatic carbocycles. The highest BCUT2D eigenvalue weighted by Gasteiger charge is 2.20. The fraction of sp³-hybridized carbons (Fsp3) is 0.214. The third kappa shape index (κ3) is 2.27. The van der Waals surface area contributed by atoms with Gasteiger partial charge in [-0.15, -0.1) is 0 Å². The highest BCUT2D eigenvalue weighted by Crippen LogP contribution is 2.25. The molecule has 0 aliphatic rings. The second kappa shape index (κ2) is 5.16. The number of carboxylic acid groups (broad SMARTS) is 1. The Morgan fingerprint density at radius 3 is 2.35 bits per heavy atom. The van der Waals surface area contributed by atoms with Crippen molar-refractivity contribution < 1.29 is 19.4 Å². The molecule has 6 heteroatoms. The summed E-state index contributed by atoms with van der Waals surface area (Å²) in [5.74, 6) is -1.46. The molecule has 1 heterocycles. The normalized spacial score (nSPS) is 10.3. The number of hydrogen-bond acceptors (Lipinski definition) is 4. The van der Waals surface area contributed by atoms with Gasteiger partial charge in [0, 0.05) is 12.6 Å². The Labute approximate surface area is 115 Å². The van der Waals surface area contributed by atoms with Crippen LogP contribution >= 0.6 is 0 Å². The number of carboxylic acids is 1. The summed E-state index contributed by atoms with van der Waals surface area (Å²) in [6, 6.07) is 6.47. The summed E-state index contributed by atoms with van der Waals surface area (Å²) in [7, 11) is 3.00. The van der Waals surface area contributed by atoms with Crippen LogP contribution in [0.3, 0.4) is 0 Å². The molecule has 1 aromatic heterocycles. The summed E-state index contributed by atoms with van der Waals surface area (Å²) >= 11 is 0. The van der Waals surface area contributed by atoms with Gasteiger partial charge in [0.15, 0.2) is 0 Å². The smallest absolute Gasteiger partial charge is 0.339 e. The van der Waals surface area contributed by atoms with Gasteiger partial charge in [-0.05, 0) is 19.1 Å². The molecular formula is C14H14N2O4. The van der Waals surface area contributed by atoms with E-state index in [0.29, 0.717) is 22.5 Å². The van der Waals surface area contributed by atoms with Crippen LogP contribution in [0.5, 0.6) is 0 Å². The second-order valence-corrected chi connectivity index (χ2v) is 4.31. The van der Waals surface area contributed by atoms with E-state index in [2.05, 4.69) is 9.84 Å². The fourth-order valence-corrected chi connectivity index (χ4v) is 1.95. The summed E-state index contributed by atoms with van der Waals surface area (Å²) in [5.41, 5.74) is 2.16. The molecule has 1 N–H and O–H groups in total. The number of rotatable bonds is 3. The van der Waals surface area contributed by atoms with Gasteiger partial charge < -0.3 is 9.84 Å². The van der Waals surface area contributed by atoms with Crippen LogP contribution in [0.15, 0.2) is 24.3 Å². The minimum atomic E-state index is -1.03. The summed E-state index contributed by atoms with van der Waals surface area (Å²) in [6.45, 7) is 1.70. The lowest BCUT2D eigenvalue weighted by atomic mass is 10.0. The van der Waals surface area contributed by atoms with E-state index in [1.807, 2.05) is 0 Å². The molecule has 0 fully saturated rings. The van der Waals surface area contributed by atoms with Crippen LogP contribution in [0.1, 0.15) is 26.4 Å². The predicted molar refractivity (Wildman–Crippen MR) is 71.7 cm³/mol. The van der Waals surface area contributed by atoms with Crippen molar-refractivity contribution in [3.8, 4) is 11.3 Å². The van der Waals surface area contributed by atoms with Crippen LogP contribution < -0.4 is 0 Å². The molecule has 0 unspecified atom stereocenters. The maximum absolute atomic E-state index is 11.4. The van der Waals surface area contributed by atoms with Crippen molar-refractivity contribution in [3.63, 3.8) is 0 Å². The first kappa shape index (κ1) is 13.8. The third-order valence-corrected chi connectivity index (χ3v) is 3.13. The van der Waals surface area contributed by atoms with Gasteiger partial charge in [0.2, 0.25) is 0 Å². The van der Waals surface area contributed by atoms with E-state index in [1.165, 1.54) is 11.8 Å². The van der Waals surface area contributed by atoms with Crippen LogP contribution in [0.4, 0.5) is 0 Å². The van der Waals surface area contributed by atoms with E-state index in [9.17, 15) is 14.7 Å². The number of carbonyl (C=O) groups excluding carboxylic acids is 1. The molecule has 0 radical (unpaired) electrons. The zero-order valence-electron chi connectivity index (χ0n) is 11.4. The molecule has 0 aliphatic heterocycles. The average Bonchev–Trinajstić information content (AvgIpc) is 2.74. The van der Waals surface area contributed by atoms with E-state index in [0.717, 1.165) is 0 Å². The van der Waals surface area contributed by atoms with Gasteiger partial charge in [0.1, 0.15) is 11.3 Å². The third-order valence-electron chi connectivity index (χ3n) is 3.13. The van der Waals surface area contributed by atoms with Crippen molar-refractivity contribution in [2.24, 2.45) is 7.05 Å². The first-order valence-corrected chi connectivity index (χ1v) is 5.91. The zero-order chi connectivity index (χ0) is 14.9. The Morgan fingerprint density at radius 2 is 1.85 bits per heavy atom. The van der Waals surface area contributed by atoms with Crippen molar-refractivity contribution in [2.45, 2.75) is 6.92 Å². The zero-order valence-corrected chi connectivity index (χ0v) is 11.4. The monoisotopic (exact) mass is 274 g/mol. The molecule has 0 saturated heterocycles. The molecule has 0 amide bonds. The quantitative estimate of drug-likeness (QED) is 0.864. The van der Waals surface area contributed by atoms with Gasteiger partial charge >= 0.3 is 11.9 Å². The molecule has 0 atom stereocenters. The maximum Gasteiger partial charge on any atom is 0.339 e. The maximum atomic E-state index is 11.4. The first-order chi connectivity index (χ1) is 9.45. The van der Waals surface area contributed by atoms with Crippen molar-refractivity contribution in [1.29, 1.82) is 0 Å². The van der Waals surface area contributed by atoms with Crippen LogP contribution in [0.2, 0.25) is 0 Å². The van der Waals surface area contributed by atoms with Gasteiger partial charge in [-0.3, -0.25) is 4.68 Å². The van der Waals surface area contributed by atoms with Crippen molar-refractivity contribution in [2.75, 3.05) is 7.11 Å². The standard InChI is InChI=1S/C14H14N2O4/c1-8-11(13(17)18)12(15-16(8)2)9-4-6-10(7-5-9)14(19)20-3/h4-7H,1-3H3,(H,17,18). The fourth-order valence-electron chi connectivity index (χ4n) is 1.95. The highest BCUT2D eigenvalue weighted by atomic mass is 16.5. The number of esters is 1. The van der Waals surface area contributed by atoms with E-state index in [-0.39, 0.29) is 5.56 Å². The average molecular weight is 274 g/mol. The second-order valence-electron chi connectivity index (χ2n) is 4.31. The summed E-state index contributed by atoms with van der Waals surface area (Å²) < 4.78 is 6.14. The molecule has 0 spiro atoms. The molecule has 0 saturated carbocycles. The topological polar surface area (TPSA) is 81.4 Å². The predicted octanol–water partition coefficient (Wildman–Crippen LogP) is 1.88. The van der Waals surface area contributed by atoms with Gasteiger partial charge in [-0.2, -0.15) is 5.10 Å². The molecule has 104 valence electrons. The lowest BCUT2D eigenvalue weighted by molar-refractivity contribution is 0.0599. The summed E-state index contributed by atoms with van der Waals surface area (Å²) in [5, 5.41) is 13.5. The number of hydrogen-bond donors (Lipinski definition) is 1. The molecule has 0 aliphatic carbocycles. The number of carbonyl (C=O) groups is 2. The van der Waals surface area contributed by atoms with Crippen LogP contribution in [-0.2, 0) is 11.8 Å². The summed E-state index contributed by atoms with van der Waals surface area (Å²) in [6.07, 6.45) is 0. The van der Waals surface area contributed by atoms with E-state index in [1.54, 1.807) is 38.2 Å². The van der Waals surface area contributed by atoms with Crippen LogP contribution in [-0.4, -0.2) is 33.9 Å². The number of aromatic carboxylic acids is 1. The van der Waals surface area contributed by atoms with E-state index in [4.69, 9.17) is 0 Å². The number of methoxy groups -OCH3 is 1. The molecule has 2 aromatic rings. The number of aryl methyl sites for hydroxylation is 1. The minimum absolute atomic E-state index is 0.165. The Bertz CT molecular complexity index is 671. The largest absolute Gasteiger partial charge is 0.478 e. The van der Waals surface area contributed by atoms with E-state index >= 15 is 0 Å². The highest BCUT2D eigenvalue weighted by molar-refractivity contribution is 5.96. The Morgan fingerprint density at radius 1 is 1.25 bits per heavy atom. The van der Waals surface area contributed by atoms with Gasteiger partial charge in [-0.25, -0.2) is 9.59 Å². The number of nitrogens with zero attached hydrogens (tertiary/aromatic N) is 2. The lowest BCUT2D eigenvalue weighted by Crippen LogP contribution is -2.02. The van der Waals surface area contributed by atoms with Crippen molar-refractivity contribution in [3.05, 3.63) is 41.1 Å². The Balaban J connectivity index is 2.50. The van der Waals surface area contributed by atoms with E-state index < -0.39 is 11.9 Å². The van der Waals surface area contributed by atoms with Gasteiger partial charge in [0.05, 0.1) is 18.4 Å². The first-order valence-electron chi connectivity index (χ1n) is 5.91. The van der Waals surface area contributed by atoms with Gasteiger partial charge in [-0.1, -0.05) is 12.1 Å². The molecule has 0 bridgehead atoms. The van der Waals surface area contributed by atoms with Crippen LogP contribution in [0, 0.1) is 6.92 Å². The number of benzene rings is 1. The Hall–Kier alpha value is -2.63. The summed E-state index contributed by atoms with van der Waals surface area (Å²) in [4.78, 5) is 22.7. The minimum Gasteiger partial charge on any atom is -0.478 e. The van der Waals surface area contributed by atoms with Crippen molar-refractivity contribution in [1.82, 2.24) is 9.78 Å². The Kier molecular flexibility index (Phi) is 3.56. The van der Waals surface area contributed by atoms with Crippen LogP contribution in [0.25, 0.3) is 11.3 Å². The molecular weight excluding hydrogens is 260 g/mol. The molecule has 6 nitrogen and oxygen atoms in total. The number of ether oxygens (including phenoxy) is 1. The lowest BCUT2D eigenvalue weighted by Gasteiger charge is -2.02. The molecule has 20 heavy (non-hydrogen) atoms. The van der Waals surface area contributed by atoms with Gasteiger partial charge in [0.25, 0.3) is 0 Å². The molecule has 2 rings (SSSR count).